The second-order valence-electron chi connectivity index (χ2n) is 9.28. The molecule has 214 valence electrons. The van der Waals surface area contributed by atoms with Crippen LogP contribution in [0, 0.1) is 0 Å². The summed E-state index contributed by atoms with van der Waals surface area (Å²) in [5.74, 6) is 0.148. The number of hydrogen-bond acceptors (Lipinski definition) is 9. The van der Waals surface area contributed by atoms with Crippen LogP contribution in [0.15, 0.2) is 86.4 Å². The molecule has 1 amide bonds. The maximum Gasteiger partial charge on any atom is 0.294 e. The number of hydrazone groups is 1. The Morgan fingerprint density at radius 1 is 1.00 bits per heavy atom. The molecule has 3 heterocycles. The highest BCUT2D eigenvalue weighted by Crippen LogP contribution is 2.46. The van der Waals surface area contributed by atoms with Crippen LogP contribution in [0.2, 0.25) is 5.02 Å². The fraction of sp³-hybridized carbons (Fsp3) is 0.107. The minimum Gasteiger partial charge on any atom is -0.497 e. The maximum absolute atomic E-state index is 14.1. The largest absolute Gasteiger partial charge is 0.497 e. The van der Waals surface area contributed by atoms with Crippen molar-refractivity contribution in [3.05, 3.63) is 91.3 Å². The standard InChI is InChI=1S/C28H21ClN4O6S3/c1-15-23(25(34)33(30-15)20-11-10-18(14-19(20)29)42(36,37)38)27-32(16-7-5-4-6-8-16)26(35)24(41-27)28-31(2)21-13-17(39-3)9-12-22(21)40-28/h4-14H,1-3H3,(H,36,37,38)/b27-23+,28-24-. The van der Waals surface area contributed by atoms with Gasteiger partial charge in [0, 0.05) is 18.0 Å². The smallest absolute Gasteiger partial charge is 0.294 e. The number of nitrogens with zero attached hydrogens (tertiary/aromatic N) is 4. The molecule has 1 N–H and O–H groups in total. The van der Waals surface area contributed by atoms with E-state index in [0.29, 0.717) is 31.4 Å². The quantitative estimate of drug-likeness (QED) is 0.335. The van der Waals surface area contributed by atoms with E-state index in [-0.39, 0.29) is 21.8 Å². The molecule has 0 unspecified atom stereocenters. The number of anilines is 2. The van der Waals surface area contributed by atoms with Crippen molar-refractivity contribution in [2.75, 3.05) is 24.1 Å². The number of thiazole rings is 1. The normalized spacial score (nSPS) is 17.5. The molecule has 0 saturated heterocycles. The Balaban J connectivity index is 1.58. The summed E-state index contributed by atoms with van der Waals surface area (Å²) >= 11 is 8.97. The van der Waals surface area contributed by atoms with Crippen LogP contribution in [0.4, 0.5) is 11.4 Å². The predicted octanol–water partition coefficient (Wildman–Crippen LogP) is 3.69. The molecule has 14 heteroatoms. The van der Waals surface area contributed by atoms with Crippen molar-refractivity contribution in [2.24, 2.45) is 5.10 Å². The van der Waals surface area contributed by atoms with E-state index in [1.807, 2.05) is 36.2 Å². The van der Waals surface area contributed by atoms with Gasteiger partial charge in [-0.1, -0.05) is 41.6 Å². The van der Waals surface area contributed by atoms with Gasteiger partial charge in [0.25, 0.3) is 21.6 Å². The Morgan fingerprint density at radius 3 is 2.40 bits per heavy atom. The highest BCUT2D eigenvalue weighted by atomic mass is 35.5. The molecule has 3 aromatic carbocycles. The summed E-state index contributed by atoms with van der Waals surface area (Å²) in [6.07, 6.45) is 0. The Labute approximate surface area is 253 Å². The zero-order valence-electron chi connectivity index (χ0n) is 22.2. The van der Waals surface area contributed by atoms with Crippen LogP contribution >= 0.6 is 34.7 Å². The first-order valence-corrected chi connectivity index (χ1v) is 15.8. The van der Waals surface area contributed by atoms with Gasteiger partial charge < -0.3 is 9.64 Å². The molecule has 42 heavy (non-hydrogen) atoms. The van der Waals surface area contributed by atoms with E-state index < -0.39 is 20.9 Å². The van der Waals surface area contributed by atoms with Gasteiger partial charge in [-0.2, -0.15) is 18.5 Å². The lowest BCUT2D eigenvalue weighted by atomic mass is 10.2. The van der Waals surface area contributed by atoms with Crippen LogP contribution in [0.1, 0.15) is 6.92 Å². The highest BCUT2D eigenvalue weighted by Gasteiger charge is 2.34. The number of hydrogen-bond donors (Lipinski definition) is 1. The van der Waals surface area contributed by atoms with Crippen molar-refractivity contribution in [1.29, 1.82) is 0 Å². The predicted molar refractivity (Wildman–Crippen MR) is 165 cm³/mol. The van der Waals surface area contributed by atoms with Gasteiger partial charge in [0.05, 0.1) is 45.4 Å². The van der Waals surface area contributed by atoms with Gasteiger partial charge in [0.15, 0.2) is 0 Å². The first-order valence-electron chi connectivity index (χ1n) is 12.3. The fourth-order valence-electron chi connectivity index (χ4n) is 4.68. The summed E-state index contributed by atoms with van der Waals surface area (Å²) in [5.41, 5.74) is 1.85. The molecule has 0 saturated carbocycles. The van der Waals surface area contributed by atoms with Gasteiger partial charge in [-0.15, -0.1) is 11.3 Å². The lowest BCUT2D eigenvalue weighted by Gasteiger charge is -2.14. The van der Waals surface area contributed by atoms with E-state index in [0.717, 1.165) is 27.7 Å². The Bertz CT molecular complexity index is 2120. The summed E-state index contributed by atoms with van der Waals surface area (Å²) in [6, 6.07) is 18.2. The molecule has 10 nitrogen and oxygen atoms in total. The van der Waals surface area contributed by atoms with Crippen LogP contribution in [-0.4, -0.2) is 43.3 Å². The topological polar surface area (TPSA) is 122 Å². The van der Waals surface area contributed by atoms with E-state index in [1.54, 1.807) is 38.3 Å². The fourth-order valence-corrected chi connectivity index (χ4v) is 8.03. The van der Waals surface area contributed by atoms with E-state index in [1.165, 1.54) is 33.7 Å². The highest BCUT2D eigenvalue weighted by molar-refractivity contribution is 8.08. The van der Waals surface area contributed by atoms with Crippen molar-refractivity contribution >= 4 is 78.4 Å². The van der Waals surface area contributed by atoms with Crippen LogP contribution in [0.3, 0.4) is 0 Å². The van der Waals surface area contributed by atoms with E-state index >= 15 is 0 Å². The molecule has 2 aliphatic heterocycles. The SMILES string of the molecule is COc1ccc2c(c1)N(C)/C(=c1/s/c(=C3/C(=O)N(c4ccc(S(=O)(=O)O)cc4Cl)N=C3C)n(-c3ccccc3)c1=O)S2. The molecule has 0 fully saturated rings. The third kappa shape index (κ3) is 4.63. The van der Waals surface area contributed by atoms with Gasteiger partial charge >= 0.3 is 0 Å². The van der Waals surface area contributed by atoms with Gasteiger partial charge in [-0.25, -0.2) is 0 Å². The lowest BCUT2D eigenvalue weighted by Crippen LogP contribution is -2.34. The van der Waals surface area contributed by atoms with E-state index in [4.69, 9.17) is 16.3 Å². The number of ether oxygens (including phenoxy) is 1. The number of para-hydroxylation sites is 1. The van der Waals surface area contributed by atoms with E-state index in [9.17, 15) is 22.6 Å². The van der Waals surface area contributed by atoms with Crippen molar-refractivity contribution < 1.29 is 22.5 Å². The number of carbonyl (C=O) groups is 1. The van der Waals surface area contributed by atoms with Gasteiger partial charge in [-0.3, -0.25) is 18.7 Å². The second kappa shape index (κ2) is 10.4. The first kappa shape index (κ1) is 28.2. The number of rotatable bonds is 4. The van der Waals surface area contributed by atoms with Crippen LogP contribution in [0.25, 0.3) is 16.3 Å². The zero-order chi connectivity index (χ0) is 29.9. The van der Waals surface area contributed by atoms with Crippen LogP contribution < -0.4 is 29.4 Å². The molecule has 0 aliphatic carbocycles. The monoisotopic (exact) mass is 640 g/mol. The van der Waals surface area contributed by atoms with Crippen LogP contribution in [-0.2, 0) is 14.9 Å². The number of aromatic nitrogens is 1. The summed E-state index contributed by atoms with van der Waals surface area (Å²) < 4.78 is 40.2. The van der Waals surface area contributed by atoms with Crippen molar-refractivity contribution in [3.8, 4) is 11.4 Å². The molecule has 4 aromatic rings. The average molecular weight is 641 g/mol. The second-order valence-corrected chi connectivity index (χ2v) is 13.1. The zero-order valence-corrected chi connectivity index (χ0v) is 25.4. The van der Waals surface area contributed by atoms with Crippen LogP contribution in [0.5, 0.6) is 5.75 Å². The number of methoxy groups -OCH3 is 1. The Hall–Kier alpha value is -3.88. The first-order chi connectivity index (χ1) is 20.0. The van der Waals surface area contributed by atoms with Gasteiger partial charge in [-0.05, 0) is 49.4 Å². The summed E-state index contributed by atoms with van der Waals surface area (Å²) in [5, 5.41) is 6.08. The molecule has 0 radical (unpaired) electrons. The van der Waals surface area contributed by atoms with Gasteiger partial charge in [0.1, 0.15) is 20.0 Å². The average Bonchev–Trinajstić information content (AvgIpc) is 3.57. The van der Waals surface area contributed by atoms with E-state index in [2.05, 4.69) is 5.10 Å². The van der Waals surface area contributed by atoms with Gasteiger partial charge in [0.2, 0.25) is 0 Å². The minimum atomic E-state index is -4.50. The molecule has 0 bridgehead atoms. The lowest BCUT2D eigenvalue weighted by molar-refractivity contribution is -0.112. The van der Waals surface area contributed by atoms with Crippen molar-refractivity contribution in [1.82, 2.24) is 4.57 Å². The summed E-state index contributed by atoms with van der Waals surface area (Å²) in [6.45, 7) is 1.65. The number of thioether (sulfide) groups is 1. The third-order valence-corrected chi connectivity index (χ3v) is 10.4. The molecule has 6 rings (SSSR count). The maximum atomic E-state index is 14.1. The number of amides is 1. The number of fused-ring (bicyclic) bond motifs is 1. The molecule has 0 spiro atoms. The molecular formula is C28H21ClN4O6S3. The Morgan fingerprint density at radius 2 is 1.74 bits per heavy atom. The molecule has 2 aliphatic rings. The summed E-state index contributed by atoms with van der Waals surface area (Å²) in [7, 11) is -1.03. The molecule has 1 aromatic heterocycles. The number of carbonyl (C=O) groups excluding carboxylic acids is 1. The van der Waals surface area contributed by atoms with Crippen molar-refractivity contribution in [3.63, 3.8) is 0 Å². The number of halogens is 1. The third-order valence-electron chi connectivity index (χ3n) is 6.72. The summed E-state index contributed by atoms with van der Waals surface area (Å²) in [4.78, 5) is 30.5. The Kier molecular flexibility index (Phi) is 7.02. The number of benzene rings is 3. The molecular weight excluding hydrogens is 620 g/mol. The molecule has 0 atom stereocenters. The van der Waals surface area contributed by atoms with Crippen molar-refractivity contribution in [2.45, 2.75) is 16.7 Å². The minimum absolute atomic E-state index is 0.101.